The first kappa shape index (κ1) is 14.3. The molecular weight excluding hydrogens is 280 g/mol. The van der Waals surface area contributed by atoms with Crippen molar-refractivity contribution in [2.75, 3.05) is 19.4 Å². The molecule has 2 aromatic rings. The maximum Gasteiger partial charge on any atom is 0.291 e. The molecule has 0 unspecified atom stereocenters. The monoisotopic (exact) mass is 294 g/mol. The number of benzene rings is 1. The Labute approximate surface area is 117 Å². The molecule has 6 nitrogen and oxygen atoms in total. The Morgan fingerprint density at radius 3 is 2.30 bits per heavy atom. The topological polar surface area (TPSA) is 79.6 Å². The number of amides is 1. The van der Waals surface area contributed by atoms with Crippen LogP contribution >= 0.6 is 0 Å². The van der Waals surface area contributed by atoms with E-state index in [4.69, 9.17) is 4.42 Å². The summed E-state index contributed by atoms with van der Waals surface area (Å²) in [5.41, 5.74) is 0.490. The molecular formula is C13H14N2O4S. The minimum Gasteiger partial charge on any atom is -0.459 e. The summed E-state index contributed by atoms with van der Waals surface area (Å²) >= 11 is 0. The van der Waals surface area contributed by atoms with E-state index in [2.05, 4.69) is 5.32 Å². The van der Waals surface area contributed by atoms with Gasteiger partial charge in [-0.3, -0.25) is 4.79 Å². The predicted molar refractivity (Wildman–Crippen MR) is 74.0 cm³/mol. The molecule has 1 aromatic heterocycles. The van der Waals surface area contributed by atoms with Crippen molar-refractivity contribution in [1.29, 1.82) is 0 Å². The van der Waals surface area contributed by atoms with Gasteiger partial charge >= 0.3 is 0 Å². The number of rotatable bonds is 4. The number of furan rings is 1. The quantitative estimate of drug-likeness (QED) is 0.932. The first-order valence-electron chi connectivity index (χ1n) is 5.79. The lowest BCUT2D eigenvalue weighted by Crippen LogP contribution is -2.22. The molecule has 0 atom stereocenters. The van der Waals surface area contributed by atoms with Crippen LogP contribution in [0.2, 0.25) is 0 Å². The lowest BCUT2D eigenvalue weighted by atomic mass is 10.3. The van der Waals surface area contributed by atoms with Gasteiger partial charge in [0.1, 0.15) is 0 Å². The van der Waals surface area contributed by atoms with Crippen molar-refractivity contribution in [3.05, 3.63) is 48.4 Å². The van der Waals surface area contributed by atoms with E-state index in [0.29, 0.717) is 5.69 Å². The average Bonchev–Trinajstić information content (AvgIpc) is 2.93. The molecule has 2 rings (SSSR count). The largest absolute Gasteiger partial charge is 0.459 e. The zero-order chi connectivity index (χ0) is 14.8. The zero-order valence-corrected chi connectivity index (χ0v) is 11.8. The van der Waals surface area contributed by atoms with E-state index in [1.807, 2.05) is 0 Å². The smallest absolute Gasteiger partial charge is 0.291 e. The van der Waals surface area contributed by atoms with Gasteiger partial charge in [0, 0.05) is 19.8 Å². The predicted octanol–water partition coefficient (Wildman–Crippen LogP) is 1.78. The van der Waals surface area contributed by atoms with Crippen LogP contribution in [-0.4, -0.2) is 32.7 Å². The van der Waals surface area contributed by atoms with Gasteiger partial charge < -0.3 is 9.73 Å². The molecule has 0 aliphatic carbocycles. The first-order chi connectivity index (χ1) is 9.41. The molecule has 0 radical (unpaired) electrons. The number of hydrogen-bond acceptors (Lipinski definition) is 4. The maximum absolute atomic E-state index is 11.9. The summed E-state index contributed by atoms with van der Waals surface area (Å²) in [5, 5.41) is 2.61. The Kier molecular flexibility index (Phi) is 3.91. The second-order valence-corrected chi connectivity index (χ2v) is 6.40. The van der Waals surface area contributed by atoms with Crippen LogP contribution in [0.25, 0.3) is 0 Å². The van der Waals surface area contributed by atoms with Gasteiger partial charge in [0.2, 0.25) is 10.0 Å². The molecule has 1 N–H and O–H groups in total. The highest BCUT2D eigenvalue weighted by Gasteiger charge is 2.17. The lowest BCUT2D eigenvalue weighted by Gasteiger charge is -2.11. The fraction of sp³-hybridized carbons (Fsp3) is 0.154. The molecule has 0 spiro atoms. The fourth-order valence-corrected chi connectivity index (χ4v) is 2.42. The van der Waals surface area contributed by atoms with Crippen molar-refractivity contribution in [2.24, 2.45) is 0 Å². The van der Waals surface area contributed by atoms with Crippen LogP contribution in [0.3, 0.4) is 0 Å². The van der Waals surface area contributed by atoms with E-state index >= 15 is 0 Å². The van der Waals surface area contributed by atoms with Gasteiger partial charge in [-0.2, -0.15) is 0 Å². The van der Waals surface area contributed by atoms with Crippen molar-refractivity contribution in [3.63, 3.8) is 0 Å². The van der Waals surface area contributed by atoms with Crippen LogP contribution in [-0.2, 0) is 10.0 Å². The van der Waals surface area contributed by atoms with Crippen LogP contribution in [0, 0.1) is 0 Å². The van der Waals surface area contributed by atoms with Crippen molar-refractivity contribution >= 4 is 21.6 Å². The standard InChI is InChI=1S/C13H14N2O4S/c1-15(2)20(17,18)11-7-5-10(6-8-11)14-13(16)12-4-3-9-19-12/h3-9H,1-2H3,(H,14,16). The number of sulfonamides is 1. The Bertz CT molecular complexity index is 688. The highest BCUT2D eigenvalue weighted by Crippen LogP contribution is 2.17. The van der Waals surface area contributed by atoms with Crippen molar-refractivity contribution in [1.82, 2.24) is 4.31 Å². The van der Waals surface area contributed by atoms with E-state index in [9.17, 15) is 13.2 Å². The van der Waals surface area contributed by atoms with Gasteiger partial charge in [-0.25, -0.2) is 12.7 Å². The average molecular weight is 294 g/mol. The second-order valence-electron chi connectivity index (χ2n) is 4.24. The number of carbonyl (C=O) groups is 1. The lowest BCUT2D eigenvalue weighted by molar-refractivity contribution is 0.0996. The van der Waals surface area contributed by atoms with Gasteiger partial charge in [-0.15, -0.1) is 0 Å². The van der Waals surface area contributed by atoms with Gasteiger partial charge in [0.05, 0.1) is 11.2 Å². The zero-order valence-electron chi connectivity index (χ0n) is 11.0. The minimum atomic E-state index is -3.46. The summed E-state index contributed by atoms with van der Waals surface area (Å²) in [4.78, 5) is 11.9. The van der Waals surface area contributed by atoms with Crippen molar-refractivity contribution < 1.29 is 17.6 Å². The molecule has 0 saturated carbocycles. The Balaban J connectivity index is 2.15. The molecule has 0 bridgehead atoms. The van der Waals surface area contributed by atoms with Crippen molar-refractivity contribution in [3.8, 4) is 0 Å². The molecule has 1 amide bonds. The number of nitrogens with zero attached hydrogens (tertiary/aromatic N) is 1. The third kappa shape index (κ3) is 2.89. The Morgan fingerprint density at radius 2 is 1.80 bits per heavy atom. The number of carbonyl (C=O) groups excluding carboxylic acids is 1. The van der Waals surface area contributed by atoms with Crippen LogP contribution in [0.5, 0.6) is 0 Å². The van der Waals surface area contributed by atoms with E-state index in [-0.39, 0.29) is 10.7 Å². The fourth-order valence-electron chi connectivity index (χ4n) is 1.52. The molecule has 0 aliphatic rings. The Hall–Kier alpha value is -2.12. The highest BCUT2D eigenvalue weighted by molar-refractivity contribution is 7.89. The molecule has 106 valence electrons. The Morgan fingerprint density at radius 1 is 1.15 bits per heavy atom. The third-order valence-corrected chi connectivity index (χ3v) is 4.47. The van der Waals surface area contributed by atoms with Gasteiger partial charge in [0.25, 0.3) is 5.91 Å². The minimum absolute atomic E-state index is 0.165. The summed E-state index contributed by atoms with van der Waals surface area (Å²) < 4.78 is 29.8. The summed E-state index contributed by atoms with van der Waals surface area (Å²) in [6.07, 6.45) is 1.40. The molecule has 0 saturated heterocycles. The van der Waals surface area contributed by atoms with Gasteiger partial charge in [-0.05, 0) is 36.4 Å². The summed E-state index contributed by atoms with van der Waals surface area (Å²) in [6.45, 7) is 0. The van der Waals surface area contributed by atoms with Crippen LogP contribution in [0.1, 0.15) is 10.6 Å². The third-order valence-electron chi connectivity index (χ3n) is 2.64. The first-order valence-corrected chi connectivity index (χ1v) is 7.23. The SMILES string of the molecule is CN(C)S(=O)(=O)c1ccc(NC(=O)c2ccco2)cc1. The van der Waals surface area contributed by atoms with Gasteiger partial charge in [0.15, 0.2) is 5.76 Å². The molecule has 20 heavy (non-hydrogen) atoms. The summed E-state index contributed by atoms with van der Waals surface area (Å²) in [6, 6.07) is 9.08. The number of anilines is 1. The van der Waals surface area contributed by atoms with Crippen LogP contribution < -0.4 is 5.32 Å². The molecule has 7 heteroatoms. The second kappa shape index (κ2) is 5.48. The summed E-state index contributed by atoms with van der Waals surface area (Å²) in [7, 11) is -0.543. The van der Waals surface area contributed by atoms with Crippen LogP contribution in [0.15, 0.2) is 52.0 Å². The highest BCUT2D eigenvalue weighted by atomic mass is 32.2. The van der Waals surface area contributed by atoms with E-state index in [1.54, 1.807) is 12.1 Å². The molecule has 1 aromatic carbocycles. The normalized spacial score (nSPS) is 11.6. The van der Waals surface area contributed by atoms with E-state index < -0.39 is 15.9 Å². The molecule has 0 aliphatic heterocycles. The van der Waals surface area contributed by atoms with Crippen molar-refractivity contribution in [2.45, 2.75) is 4.90 Å². The van der Waals surface area contributed by atoms with E-state index in [1.165, 1.54) is 44.6 Å². The van der Waals surface area contributed by atoms with Crippen LogP contribution in [0.4, 0.5) is 5.69 Å². The molecule has 0 fully saturated rings. The van der Waals surface area contributed by atoms with Gasteiger partial charge in [-0.1, -0.05) is 0 Å². The van der Waals surface area contributed by atoms with E-state index in [0.717, 1.165) is 4.31 Å². The number of nitrogens with one attached hydrogen (secondary N) is 1. The summed E-state index contributed by atoms with van der Waals surface area (Å²) in [5.74, 6) is -0.201. The number of hydrogen-bond donors (Lipinski definition) is 1. The maximum atomic E-state index is 11.9. The molecule has 1 heterocycles.